The third-order valence-corrected chi connectivity index (χ3v) is 3.61. The minimum atomic E-state index is -1.36. The molecule has 0 bridgehead atoms. The lowest BCUT2D eigenvalue weighted by Gasteiger charge is -2.04. The van der Waals surface area contributed by atoms with E-state index in [9.17, 15) is 0 Å². The second-order valence-corrected chi connectivity index (χ2v) is 10.3. The topological polar surface area (TPSA) is 28.7 Å². The first kappa shape index (κ1) is 12.2. The number of rotatable bonds is 0. The number of benzene rings is 1. The van der Waals surface area contributed by atoms with Gasteiger partial charge in [0.15, 0.2) is 0 Å². The van der Waals surface area contributed by atoms with E-state index in [1.54, 1.807) is 0 Å². The Labute approximate surface area is 107 Å². The maximum absolute atomic E-state index is 6.12. The van der Waals surface area contributed by atoms with Crippen molar-refractivity contribution in [1.82, 2.24) is 10.2 Å². The maximum Gasteiger partial charge on any atom is 0.129 e. The second-order valence-electron chi connectivity index (χ2n) is 5.15. The number of aromatic nitrogens is 2. The molecule has 1 N–H and O–H groups in total. The molecule has 88 valence electrons. The van der Waals surface area contributed by atoms with Crippen LogP contribution >= 0.6 is 11.6 Å². The molecule has 4 heteroatoms. The van der Waals surface area contributed by atoms with Gasteiger partial charge in [-0.2, -0.15) is 5.10 Å². The summed E-state index contributed by atoms with van der Waals surface area (Å²) in [6.07, 6.45) is 0. The summed E-state index contributed by atoms with van der Waals surface area (Å²) in [7, 11) is -1.36. The normalized spacial score (nSPS) is 11.4. The van der Waals surface area contributed by atoms with Crippen molar-refractivity contribution in [2.24, 2.45) is 0 Å². The molecule has 2 nitrogen and oxygen atoms in total. The average Bonchev–Trinajstić information content (AvgIpc) is 2.60. The average molecular weight is 263 g/mol. The Morgan fingerprint density at radius 1 is 1.29 bits per heavy atom. The maximum atomic E-state index is 6.12. The first-order valence-corrected chi connectivity index (χ1v) is 9.42. The van der Waals surface area contributed by atoms with Gasteiger partial charge in [0.25, 0.3) is 0 Å². The first-order chi connectivity index (χ1) is 7.88. The molecule has 2 aromatic rings. The van der Waals surface area contributed by atoms with E-state index in [0.29, 0.717) is 5.02 Å². The van der Waals surface area contributed by atoms with Crippen molar-refractivity contribution in [3.8, 4) is 11.5 Å². The fourth-order valence-corrected chi connectivity index (χ4v) is 2.33. The molecule has 0 saturated carbocycles. The summed E-state index contributed by atoms with van der Waals surface area (Å²) in [5.41, 5.74) is 6.21. The fourth-order valence-electron chi connectivity index (χ4n) is 1.62. The number of nitrogens with zero attached hydrogens (tertiary/aromatic N) is 1. The summed E-state index contributed by atoms with van der Waals surface area (Å²) in [4.78, 5) is 0. The van der Waals surface area contributed by atoms with Gasteiger partial charge in [-0.25, -0.2) is 0 Å². The molecule has 0 radical (unpaired) electrons. The van der Waals surface area contributed by atoms with E-state index in [1.807, 2.05) is 19.1 Å². The quantitative estimate of drug-likeness (QED) is 0.568. The highest BCUT2D eigenvalue weighted by Crippen LogP contribution is 2.26. The minimum Gasteiger partial charge on any atom is -0.276 e. The summed E-state index contributed by atoms with van der Waals surface area (Å²) in [6.45, 7) is 8.66. The first-order valence-electron chi connectivity index (χ1n) is 5.55. The van der Waals surface area contributed by atoms with Crippen LogP contribution in [0.1, 0.15) is 11.3 Å². The molecule has 0 aliphatic heterocycles. The number of aryl methyl sites for hydroxylation is 1. The van der Waals surface area contributed by atoms with Crippen molar-refractivity contribution in [1.29, 1.82) is 0 Å². The largest absolute Gasteiger partial charge is 0.276 e. The third kappa shape index (κ3) is 2.54. The van der Waals surface area contributed by atoms with Crippen LogP contribution in [0.4, 0.5) is 0 Å². The van der Waals surface area contributed by atoms with Gasteiger partial charge in [-0.1, -0.05) is 37.2 Å². The van der Waals surface area contributed by atoms with Crippen molar-refractivity contribution in [2.75, 3.05) is 0 Å². The van der Waals surface area contributed by atoms with Crippen molar-refractivity contribution >= 4 is 30.6 Å². The van der Waals surface area contributed by atoms with E-state index < -0.39 is 8.07 Å². The van der Waals surface area contributed by atoms with Crippen LogP contribution < -0.4 is 0 Å². The Bertz CT molecular complexity index is 626. The molecule has 1 aromatic carbocycles. The highest BCUT2D eigenvalue weighted by Gasteiger charge is 2.11. The van der Waals surface area contributed by atoms with Crippen LogP contribution in [-0.2, 0) is 0 Å². The van der Waals surface area contributed by atoms with Crippen molar-refractivity contribution < 1.29 is 0 Å². The van der Waals surface area contributed by atoms with Crippen molar-refractivity contribution in [2.45, 2.75) is 26.6 Å². The molecule has 2 rings (SSSR count). The molecule has 0 aliphatic carbocycles. The third-order valence-electron chi connectivity index (χ3n) is 2.42. The van der Waals surface area contributed by atoms with E-state index in [0.717, 1.165) is 22.2 Å². The summed E-state index contributed by atoms with van der Waals surface area (Å²) in [5, 5.41) is 8.89. The summed E-state index contributed by atoms with van der Waals surface area (Å²) in [5.74, 6) is 3.27. The van der Waals surface area contributed by atoms with Gasteiger partial charge in [0, 0.05) is 10.9 Å². The van der Waals surface area contributed by atoms with Crippen LogP contribution in [0.3, 0.4) is 0 Å². The Morgan fingerprint density at radius 2 is 2.00 bits per heavy atom. The lowest BCUT2D eigenvalue weighted by atomic mass is 10.1. The zero-order chi connectivity index (χ0) is 12.6. The smallest absolute Gasteiger partial charge is 0.129 e. The Balaban J connectivity index is 2.66. The summed E-state index contributed by atoms with van der Waals surface area (Å²) in [6, 6.07) is 3.84. The van der Waals surface area contributed by atoms with Gasteiger partial charge < -0.3 is 0 Å². The van der Waals surface area contributed by atoms with E-state index in [-0.39, 0.29) is 0 Å². The van der Waals surface area contributed by atoms with Crippen LogP contribution in [0.5, 0.6) is 0 Å². The van der Waals surface area contributed by atoms with Crippen LogP contribution in [0.25, 0.3) is 10.9 Å². The van der Waals surface area contributed by atoms with E-state index >= 15 is 0 Å². The lowest BCUT2D eigenvalue weighted by molar-refractivity contribution is 1.07. The van der Waals surface area contributed by atoms with Gasteiger partial charge in [0.1, 0.15) is 8.07 Å². The van der Waals surface area contributed by atoms with Crippen LogP contribution in [-0.4, -0.2) is 18.3 Å². The predicted molar refractivity (Wildman–Crippen MR) is 76.1 cm³/mol. The molecule has 0 atom stereocenters. The van der Waals surface area contributed by atoms with Crippen LogP contribution in [0, 0.1) is 18.4 Å². The minimum absolute atomic E-state index is 0.694. The molecule has 0 amide bonds. The van der Waals surface area contributed by atoms with Crippen molar-refractivity contribution in [3.05, 3.63) is 28.4 Å². The monoisotopic (exact) mass is 262 g/mol. The number of aromatic amines is 1. The molecule has 0 saturated heterocycles. The van der Waals surface area contributed by atoms with Gasteiger partial charge in [0.05, 0.1) is 16.2 Å². The van der Waals surface area contributed by atoms with E-state index in [2.05, 4.69) is 41.3 Å². The van der Waals surface area contributed by atoms with Gasteiger partial charge >= 0.3 is 0 Å². The van der Waals surface area contributed by atoms with Crippen molar-refractivity contribution in [3.63, 3.8) is 0 Å². The Kier molecular flexibility index (Phi) is 3.03. The molecule has 1 aromatic heterocycles. The van der Waals surface area contributed by atoms with Crippen LogP contribution in [0.15, 0.2) is 12.1 Å². The molecule has 17 heavy (non-hydrogen) atoms. The fraction of sp³-hybridized carbons (Fsp3) is 0.308. The van der Waals surface area contributed by atoms with E-state index in [1.165, 1.54) is 0 Å². The zero-order valence-corrected chi connectivity index (χ0v) is 12.2. The number of halogens is 1. The molecular weight excluding hydrogens is 248 g/mol. The molecule has 0 spiro atoms. The summed E-state index contributed by atoms with van der Waals surface area (Å²) < 4.78 is 0. The van der Waals surface area contributed by atoms with Gasteiger partial charge in [-0.3, -0.25) is 5.10 Å². The Morgan fingerprint density at radius 3 is 2.65 bits per heavy atom. The lowest BCUT2D eigenvalue weighted by Crippen LogP contribution is -2.16. The van der Waals surface area contributed by atoms with Gasteiger partial charge in [-0.05, 0) is 19.1 Å². The van der Waals surface area contributed by atoms with E-state index in [4.69, 9.17) is 11.6 Å². The summed E-state index contributed by atoms with van der Waals surface area (Å²) >= 11 is 6.12. The molecule has 1 heterocycles. The molecule has 0 fully saturated rings. The highest BCUT2D eigenvalue weighted by atomic mass is 35.5. The van der Waals surface area contributed by atoms with Gasteiger partial charge in [0.2, 0.25) is 0 Å². The highest BCUT2D eigenvalue weighted by molar-refractivity contribution is 6.83. The standard InChI is InChI=1S/C13H15ClN2Si/c1-9-12-10(7-8-17(2,3)4)5-6-11(14)13(12)16-15-9/h5-6H,1-4H3,(H,15,16). The Hall–Kier alpha value is -1.24. The molecule has 0 unspecified atom stereocenters. The molecular formula is C13H15ClN2Si. The molecule has 0 aliphatic rings. The number of nitrogens with one attached hydrogen (secondary N) is 1. The zero-order valence-electron chi connectivity index (χ0n) is 10.5. The van der Waals surface area contributed by atoms with Crippen LogP contribution in [0.2, 0.25) is 24.7 Å². The number of hydrogen-bond acceptors (Lipinski definition) is 1. The second kappa shape index (κ2) is 4.21. The SMILES string of the molecule is Cc1n[nH]c2c(Cl)ccc(C#C[Si](C)(C)C)c12. The number of hydrogen-bond donors (Lipinski definition) is 1. The number of H-pyrrole nitrogens is 1. The van der Waals surface area contributed by atoms with Gasteiger partial charge in [-0.15, -0.1) is 5.54 Å². The predicted octanol–water partition coefficient (Wildman–Crippen LogP) is 3.75. The number of fused-ring (bicyclic) bond motifs is 1.